The Hall–Kier alpha value is -0.830. The van der Waals surface area contributed by atoms with Crippen LogP contribution in [0.2, 0.25) is 0 Å². The maximum absolute atomic E-state index is 4.30. The van der Waals surface area contributed by atoms with Crippen molar-refractivity contribution in [3.63, 3.8) is 0 Å². The third kappa shape index (κ3) is 5.35. The van der Waals surface area contributed by atoms with E-state index in [4.69, 9.17) is 0 Å². The third-order valence-electron chi connectivity index (χ3n) is 3.91. The van der Waals surface area contributed by atoms with Crippen molar-refractivity contribution < 1.29 is 0 Å². The number of rotatable bonds is 9. The molecule has 0 aliphatic rings. The van der Waals surface area contributed by atoms with Gasteiger partial charge >= 0.3 is 0 Å². The van der Waals surface area contributed by atoms with E-state index in [0.29, 0.717) is 0 Å². The molecule has 0 saturated heterocycles. The Morgan fingerprint density at radius 3 is 2.53 bits per heavy atom. The quantitative estimate of drug-likeness (QED) is 0.685. The molecule has 0 aliphatic carbocycles. The van der Waals surface area contributed by atoms with Gasteiger partial charge in [-0.25, -0.2) is 4.98 Å². The molecule has 1 rings (SSSR count). The zero-order chi connectivity index (χ0) is 14.3. The topological polar surface area (TPSA) is 29.9 Å². The van der Waals surface area contributed by atoms with Crippen LogP contribution >= 0.6 is 0 Å². The highest BCUT2D eigenvalue weighted by Gasteiger charge is 2.21. The molecule has 0 saturated carbocycles. The van der Waals surface area contributed by atoms with Gasteiger partial charge in [-0.05, 0) is 33.2 Å². The van der Waals surface area contributed by atoms with E-state index in [9.17, 15) is 0 Å². The van der Waals surface area contributed by atoms with Crippen LogP contribution in [-0.2, 0) is 12.1 Å². The highest BCUT2D eigenvalue weighted by Crippen LogP contribution is 2.19. The van der Waals surface area contributed by atoms with Gasteiger partial charge in [0.1, 0.15) is 0 Å². The molecule has 3 heteroatoms. The lowest BCUT2D eigenvalue weighted by Gasteiger charge is -2.25. The second kappa shape index (κ2) is 7.68. The number of unbranched alkanes of at least 4 members (excludes halogenated alkanes) is 3. The Balaban J connectivity index is 2.32. The highest BCUT2D eigenvalue weighted by molar-refractivity contribution is 5.10. The molecule has 1 N–H and O–H groups in total. The summed E-state index contributed by atoms with van der Waals surface area (Å²) in [4.78, 5) is 4.30. The van der Waals surface area contributed by atoms with Crippen molar-refractivity contribution >= 4 is 0 Å². The van der Waals surface area contributed by atoms with Crippen molar-refractivity contribution in [1.29, 1.82) is 0 Å². The number of nitrogens with zero attached hydrogens (tertiary/aromatic N) is 2. The summed E-state index contributed by atoms with van der Waals surface area (Å²) in [6, 6.07) is 0. The van der Waals surface area contributed by atoms with Crippen molar-refractivity contribution in [2.45, 2.75) is 71.9 Å². The van der Waals surface area contributed by atoms with Crippen molar-refractivity contribution in [2.24, 2.45) is 5.92 Å². The van der Waals surface area contributed by atoms with Gasteiger partial charge in [-0.1, -0.05) is 39.5 Å². The van der Waals surface area contributed by atoms with Crippen LogP contribution in [0.4, 0.5) is 0 Å². The monoisotopic (exact) mass is 265 g/mol. The molecule has 0 radical (unpaired) electrons. The highest BCUT2D eigenvalue weighted by atomic mass is 15.1. The van der Waals surface area contributed by atoms with E-state index in [1.54, 1.807) is 0 Å². The molecule has 0 unspecified atom stereocenters. The van der Waals surface area contributed by atoms with Gasteiger partial charge in [0.25, 0.3) is 0 Å². The summed E-state index contributed by atoms with van der Waals surface area (Å²) in [5, 5.41) is 3.35. The van der Waals surface area contributed by atoms with E-state index in [2.05, 4.69) is 42.6 Å². The molecule has 1 aromatic rings. The standard InChI is InChI=1S/C16H31N3/c1-14(2)10-8-6-7-9-11-19-13-18-12-15(19)16(3,4)17-5/h12-14,17H,6-11H2,1-5H3. The fourth-order valence-electron chi connectivity index (χ4n) is 2.34. The van der Waals surface area contributed by atoms with Crippen LogP contribution in [0.15, 0.2) is 12.5 Å². The Morgan fingerprint density at radius 1 is 1.21 bits per heavy atom. The van der Waals surface area contributed by atoms with Crippen LogP contribution in [0.5, 0.6) is 0 Å². The molecule has 0 atom stereocenters. The fourth-order valence-corrected chi connectivity index (χ4v) is 2.34. The largest absolute Gasteiger partial charge is 0.333 e. The average Bonchev–Trinajstić information content (AvgIpc) is 2.82. The summed E-state index contributed by atoms with van der Waals surface area (Å²) in [7, 11) is 2.00. The van der Waals surface area contributed by atoms with Crippen LogP contribution in [0.1, 0.15) is 65.5 Å². The first-order valence-corrected chi connectivity index (χ1v) is 7.67. The molecule has 1 aromatic heterocycles. The average molecular weight is 265 g/mol. The smallest absolute Gasteiger partial charge is 0.0948 e. The van der Waals surface area contributed by atoms with Gasteiger partial charge in [0.2, 0.25) is 0 Å². The summed E-state index contributed by atoms with van der Waals surface area (Å²) in [5.74, 6) is 0.844. The molecular formula is C16H31N3. The second-order valence-electron chi connectivity index (χ2n) is 6.44. The molecule has 1 heterocycles. The number of hydrogen-bond acceptors (Lipinski definition) is 2. The van der Waals surface area contributed by atoms with Crippen molar-refractivity contribution in [3.05, 3.63) is 18.2 Å². The fraction of sp³-hybridized carbons (Fsp3) is 0.812. The lowest BCUT2D eigenvalue weighted by Crippen LogP contribution is -2.35. The van der Waals surface area contributed by atoms with Crippen LogP contribution in [-0.4, -0.2) is 16.6 Å². The van der Waals surface area contributed by atoms with Gasteiger partial charge in [-0.2, -0.15) is 0 Å². The van der Waals surface area contributed by atoms with Gasteiger partial charge in [0, 0.05) is 12.7 Å². The van der Waals surface area contributed by atoms with Crippen LogP contribution in [0, 0.1) is 5.92 Å². The molecule has 0 fully saturated rings. The molecule has 0 bridgehead atoms. The van der Waals surface area contributed by atoms with E-state index in [-0.39, 0.29) is 5.54 Å². The zero-order valence-electron chi connectivity index (χ0n) is 13.4. The van der Waals surface area contributed by atoms with Gasteiger partial charge in [-0.15, -0.1) is 0 Å². The van der Waals surface area contributed by atoms with Gasteiger partial charge in [0.05, 0.1) is 17.6 Å². The normalized spacial score (nSPS) is 12.3. The molecule has 0 aliphatic heterocycles. The Kier molecular flexibility index (Phi) is 6.56. The zero-order valence-corrected chi connectivity index (χ0v) is 13.4. The maximum atomic E-state index is 4.30. The van der Waals surface area contributed by atoms with Gasteiger partial charge in [-0.3, -0.25) is 0 Å². The Morgan fingerprint density at radius 2 is 1.89 bits per heavy atom. The van der Waals surface area contributed by atoms with Crippen LogP contribution in [0.3, 0.4) is 0 Å². The first-order chi connectivity index (χ1) is 8.97. The lowest BCUT2D eigenvalue weighted by atomic mass is 10.0. The Labute approximate surface area is 118 Å². The minimum absolute atomic E-state index is 0.00581. The first-order valence-electron chi connectivity index (χ1n) is 7.67. The van der Waals surface area contributed by atoms with Gasteiger partial charge in [0.15, 0.2) is 0 Å². The van der Waals surface area contributed by atoms with E-state index in [0.717, 1.165) is 12.5 Å². The maximum Gasteiger partial charge on any atom is 0.0948 e. The molecule has 0 spiro atoms. The molecule has 19 heavy (non-hydrogen) atoms. The minimum atomic E-state index is -0.00581. The SMILES string of the molecule is CNC(C)(C)c1cncn1CCCCCCC(C)C. The number of aryl methyl sites for hydroxylation is 1. The van der Waals surface area contributed by atoms with Crippen molar-refractivity contribution in [3.8, 4) is 0 Å². The third-order valence-corrected chi connectivity index (χ3v) is 3.91. The van der Waals surface area contributed by atoms with Crippen molar-refractivity contribution in [1.82, 2.24) is 14.9 Å². The first kappa shape index (κ1) is 16.2. The van der Waals surface area contributed by atoms with Crippen LogP contribution in [0.25, 0.3) is 0 Å². The summed E-state index contributed by atoms with van der Waals surface area (Å²) in [6.07, 6.45) is 10.6. The summed E-state index contributed by atoms with van der Waals surface area (Å²) < 4.78 is 2.29. The molecular weight excluding hydrogens is 234 g/mol. The molecule has 3 nitrogen and oxygen atoms in total. The van der Waals surface area contributed by atoms with E-state index in [1.165, 1.54) is 37.8 Å². The minimum Gasteiger partial charge on any atom is -0.333 e. The summed E-state index contributed by atoms with van der Waals surface area (Å²) in [6.45, 7) is 10.1. The summed E-state index contributed by atoms with van der Waals surface area (Å²) >= 11 is 0. The summed E-state index contributed by atoms with van der Waals surface area (Å²) in [5.41, 5.74) is 1.27. The van der Waals surface area contributed by atoms with E-state index >= 15 is 0 Å². The number of imidazole rings is 1. The number of aromatic nitrogens is 2. The van der Waals surface area contributed by atoms with Gasteiger partial charge < -0.3 is 9.88 Å². The predicted molar refractivity (Wildman–Crippen MR) is 82.2 cm³/mol. The Bertz CT molecular complexity index is 353. The predicted octanol–water partition coefficient (Wildman–Crippen LogP) is 3.94. The van der Waals surface area contributed by atoms with Crippen molar-refractivity contribution in [2.75, 3.05) is 7.05 Å². The van der Waals surface area contributed by atoms with Crippen LogP contribution < -0.4 is 5.32 Å². The number of hydrogen-bond donors (Lipinski definition) is 1. The molecule has 0 amide bonds. The second-order valence-corrected chi connectivity index (χ2v) is 6.44. The lowest BCUT2D eigenvalue weighted by molar-refractivity contribution is 0.403. The molecule has 0 aromatic carbocycles. The van der Waals surface area contributed by atoms with E-state index in [1.807, 2.05) is 19.6 Å². The number of nitrogens with one attached hydrogen (secondary N) is 1. The van der Waals surface area contributed by atoms with E-state index < -0.39 is 0 Å². The molecule has 110 valence electrons.